The molecule has 2 aromatic rings. The monoisotopic (exact) mass is 419 g/mol. The molecule has 1 amide bonds. The fourth-order valence-corrected chi connectivity index (χ4v) is 3.66. The molecule has 0 aromatic heterocycles. The van der Waals surface area contributed by atoms with E-state index in [9.17, 15) is 19.6 Å². The first-order valence-corrected chi connectivity index (χ1v) is 9.91. The largest absolute Gasteiger partial charge is 0.633 e. The molecule has 1 heterocycles. The van der Waals surface area contributed by atoms with Crippen molar-refractivity contribution in [1.82, 2.24) is 0 Å². The molecule has 0 unspecified atom stereocenters. The summed E-state index contributed by atoms with van der Waals surface area (Å²) in [5.74, 6) is -1.02. The van der Waals surface area contributed by atoms with Crippen LogP contribution in [-0.2, 0) is 4.79 Å². The van der Waals surface area contributed by atoms with E-state index in [0.717, 1.165) is 0 Å². The Bertz CT molecular complexity index is 960. The van der Waals surface area contributed by atoms with Gasteiger partial charge < -0.3 is 20.0 Å². The Morgan fingerprint density at radius 3 is 2.52 bits per heavy atom. The van der Waals surface area contributed by atoms with Gasteiger partial charge in [-0.25, -0.2) is 4.39 Å². The lowest BCUT2D eigenvalue weighted by Gasteiger charge is -2.42. The molecule has 6 nitrogen and oxygen atoms in total. The summed E-state index contributed by atoms with van der Waals surface area (Å²) in [6.07, 6.45) is 0. The van der Waals surface area contributed by atoms with Gasteiger partial charge in [0.25, 0.3) is 5.91 Å². The number of rotatable bonds is 6. The van der Waals surface area contributed by atoms with Crippen molar-refractivity contribution in [2.75, 3.05) is 37.6 Å². The maximum atomic E-state index is 14.5. The zero-order valence-electron chi connectivity index (χ0n) is 16.4. The third-order valence-corrected chi connectivity index (χ3v) is 5.58. The van der Waals surface area contributed by atoms with E-state index in [1.807, 2.05) is 0 Å². The number of hydroxylamine groups is 4. The van der Waals surface area contributed by atoms with Crippen LogP contribution in [0.1, 0.15) is 25.0 Å². The van der Waals surface area contributed by atoms with Crippen molar-refractivity contribution >= 4 is 28.9 Å². The number of fused-ring (bicyclic) bond motifs is 1. The Kier molecular flexibility index (Phi) is 6.21. The molecule has 2 aromatic carbocycles. The van der Waals surface area contributed by atoms with Crippen molar-refractivity contribution in [3.63, 3.8) is 0 Å². The van der Waals surface area contributed by atoms with Crippen molar-refractivity contribution in [2.45, 2.75) is 13.8 Å². The number of hydrogen-bond acceptors (Lipinski definition) is 3. The highest BCUT2D eigenvalue weighted by molar-refractivity contribution is 6.31. The molecular weight excluding hydrogens is 397 g/mol. The van der Waals surface area contributed by atoms with Crippen molar-refractivity contribution in [3.05, 3.63) is 74.8 Å². The molecule has 8 heteroatoms. The summed E-state index contributed by atoms with van der Waals surface area (Å²) in [4.78, 5) is 14.3. The number of nitrogens with zero attached hydrogens (tertiary/aromatic N) is 3. The molecule has 0 saturated carbocycles. The van der Waals surface area contributed by atoms with Crippen LogP contribution < -0.4 is 4.90 Å². The van der Waals surface area contributed by atoms with Gasteiger partial charge in [-0.1, -0.05) is 23.7 Å². The lowest BCUT2D eigenvalue weighted by atomic mass is 9.99. The van der Waals surface area contributed by atoms with E-state index in [1.54, 1.807) is 38.1 Å². The van der Waals surface area contributed by atoms with Crippen molar-refractivity contribution in [3.8, 4) is 0 Å². The number of amides is 1. The molecule has 154 valence electrons. The molecule has 0 aliphatic carbocycles. The summed E-state index contributed by atoms with van der Waals surface area (Å²) >= 11 is 6.16. The number of carbonyl (C=O) groups excluding carboxylic acids is 1. The third-order valence-electron chi connectivity index (χ3n) is 5.35. The van der Waals surface area contributed by atoms with Gasteiger partial charge in [-0.3, -0.25) is 4.79 Å². The van der Waals surface area contributed by atoms with Gasteiger partial charge in [-0.2, -0.15) is 4.74 Å². The molecule has 0 bridgehead atoms. The van der Waals surface area contributed by atoms with Gasteiger partial charge in [0.15, 0.2) is 0 Å². The average Bonchev–Trinajstić information content (AvgIpc) is 2.80. The standard InChI is InChI=1S/C21H23ClFN3O3/c1-3-26(29,4-2)12-11-24-19-10-9-15(22)13-17(19)21(25(28)14-20(24)27)16-7-5-6-8-18(16)23/h5-10,13H,3-4,11-12,14H2,1-2H3. The molecule has 0 saturated heterocycles. The maximum absolute atomic E-state index is 14.5. The number of carbonyl (C=O) groups is 1. The topological polar surface area (TPSA) is 69.4 Å². The van der Waals surface area contributed by atoms with E-state index in [-0.39, 0.29) is 24.4 Å². The molecular formula is C21H23ClFN3O3. The van der Waals surface area contributed by atoms with E-state index >= 15 is 0 Å². The van der Waals surface area contributed by atoms with Crippen molar-refractivity contribution < 1.29 is 18.6 Å². The maximum Gasteiger partial charge on any atom is 0.294 e. The van der Waals surface area contributed by atoms with E-state index in [1.165, 1.54) is 23.1 Å². The molecule has 1 aliphatic heterocycles. The molecule has 0 N–H and O–H groups in total. The molecule has 3 rings (SSSR count). The summed E-state index contributed by atoms with van der Waals surface area (Å²) in [6.45, 7) is 4.23. The fraction of sp³-hybridized carbons (Fsp3) is 0.333. The second-order valence-corrected chi connectivity index (χ2v) is 7.42. The van der Waals surface area contributed by atoms with E-state index < -0.39 is 22.9 Å². The van der Waals surface area contributed by atoms with Crippen molar-refractivity contribution in [1.29, 1.82) is 0 Å². The molecule has 0 spiro atoms. The van der Waals surface area contributed by atoms with Gasteiger partial charge in [0.2, 0.25) is 12.3 Å². The second-order valence-electron chi connectivity index (χ2n) is 6.99. The highest BCUT2D eigenvalue weighted by Crippen LogP contribution is 2.30. The smallest absolute Gasteiger partial charge is 0.294 e. The Balaban J connectivity index is 2.12. The quantitative estimate of drug-likeness (QED) is 0.311. The number of benzene rings is 2. The lowest BCUT2D eigenvalue weighted by Crippen LogP contribution is -2.48. The normalized spacial score (nSPS) is 14.8. The number of hydrogen-bond donors (Lipinski definition) is 0. The minimum absolute atomic E-state index is 0.0466. The predicted octanol–water partition coefficient (Wildman–Crippen LogP) is 3.53. The second kappa shape index (κ2) is 8.49. The molecule has 0 fully saturated rings. The Morgan fingerprint density at radius 1 is 1.17 bits per heavy atom. The first-order chi connectivity index (χ1) is 13.8. The number of likely N-dealkylation sites (N-methyl/N-ethyl adjacent to an activating group) is 1. The van der Waals surface area contributed by atoms with Crippen LogP contribution in [0.2, 0.25) is 5.02 Å². The first-order valence-electron chi connectivity index (χ1n) is 9.53. The number of benzodiazepines with no additional fused rings is 1. The van der Waals surface area contributed by atoms with Crippen LogP contribution in [0.3, 0.4) is 0 Å². The lowest BCUT2D eigenvalue weighted by molar-refractivity contribution is -0.875. The van der Waals surface area contributed by atoms with Crippen LogP contribution in [0.5, 0.6) is 0 Å². The van der Waals surface area contributed by atoms with Crippen LogP contribution in [0.15, 0.2) is 42.5 Å². The van der Waals surface area contributed by atoms with Gasteiger partial charge in [0, 0.05) is 5.02 Å². The Labute approximate surface area is 174 Å². The SMILES string of the molecule is CC[N+]([O-])(CC)CCN1C(=O)C[N+]([O-])=C(c2ccccc2F)c2cc(Cl)ccc21. The summed E-state index contributed by atoms with van der Waals surface area (Å²) in [5.41, 5.74) is 0.942. The first kappa shape index (κ1) is 21.2. The minimum atomic E-state index is -0.567. The van der Waals surface area contributed by atoms with Gasteiger partial charge in [-0.15, -0.1) is 0 Å². The summed E-state index contributed by atoms with van der Waals surface area (Å²) < 4.78 is 14.6. The fourth-order valence-electron chi connectivity index (χ4n) is 3.49. The highest BCUT2D eigenvalue weighted by atomic mass is 35.5. The molecule has 0 radical (unpaired) electrons. The van der Waals surface area contributed by atoms with Crippen LogP contribution in [-0.4, -0.2) is 53.7 Å². The van der Waals surface area contributed by atoms with E-state index in [4.69, 9.17) is 11.6 Å². The molecule has 29 heavy (non-hydrogen) atoms. The summed E-state index contributed by atoms with van der Waals surface area (Å²) in [6, 6.07) is 10.7. The predicted molar refractivity (Wildman–Crippen MR) is 111 cm³/mol. The van der Waals surface area contributed by atoms with Crippen LogP contribution in [0.4, 0.5) is 10.1 Å². The van der Waals surface area contributed by atoms with Gasteiger partial charge >= 0.3 is 0 Å². The number of quaternary nitrogens is 1. The molecule has 0 atom stereocenters. The zero-order valence-corrected chi connectivity index (χ0v) is 17.2. The molecule has 1 aliphatic rings. The van der Waals surface area contributed by atoms with E-state index in [0.29, 0.717) is 34.1 Å². The van der Waals surface area contributed by atoms with Crippen LogP contribution in [0.25, 0.3) is 0 Å². The Morgan fingerprint density at radius 2 is 1.86 bits per heavy atom. The van der Waals surface area contributed by atoms with Gasteiger partial charge in [0.05, 0.1) is 43.0 Å². The van der Waals surface area contributed by atoms with Gasteiger partial charge in [0.1, 0.15) is 5.82 Å². The Hall–Kier alpha value is -2.48. The van der Waals surface area contributed by atoms with Crippen LogP contribution >= 0.6 is 11.6 Å². The minimum Gasteiger partial charge on any atom is -0.633 e. The summed E-state index contributed by atoms with van der Waals surface area (Å²) in [5, 5.41) is 25.9. The van der Waals surface area contributed by atoms with Crippen LogP contribution in [0, 0.1) is 16.2 Å². The van der Waals surface area contributed by atoms with Gasteiger partial charge in [-0.05, 0) is 44.2 Å². The third kappa shape index (κ3) is 4.27. The van der Waals surface area contributed by atoms with E-state index in [2.05, 4.69) is 0 Å². The van der Waals surface area contributed by atoms with Crippen molar-refractivity contribution in [2.24, 2.45) is 0 Å². The zero-order chi connectivity index (χ0) is 21.2. The number of halogens is 2. The number of anilines is 1. The highest BCUT2D eigenvalue weighted by Gasteiger charge is 2.33. The summed E-state index contributed by atoms with van der Waals surface area (Å²) in [7, 11) is 0. The average molecular weight is 420 g/mol.